The first-order valence-electron chi connectivity index (χ1n) is 8.79. The van der Waals surface area contributed by atoms with Gasteiger partial charge in [0.05, 0.1) is 0 Å². The summed E-state index contributed by atoms with van der Waals surface area (Å²) in [6.45, 7) is 3.86. The van der Waals surface area contributed by atoms with Crippen molar-refractivity contribution in [3.05, 3.63) is 48.0 Å². The standard InChI is InChI=1S/C20H26N2OS/c1-15-13-17(9-10-21-15)20(23)22-11-12-24-14-18-7-4-6-16-5-2-3-8-19(16)18/h2-8,15,17,21H,9-14H2,1H3,(H,22,23)/t15-,17-/m0/s1. The van der Waals surface area contributed by atoms with E-state index in [0.29, 0.717) is 6.04 Å². The zero-order chi connectivity index (χ0) is 16.8. The Morgan fingerprint density at radius 2 is 2.08 bits per heavy atom. The molecule has 0 aromatic heterocycles. The van der Waals surface area contributed by atoms with E-state index < -0.39 is 0 Å². The van der Waals surface area contributed by atoms with Crippen LogP contribution in [0.15, 0.2) is 42.5 Å². The lowest BCUT2D eigenvalue weighted by Crippen LogP contribution is -2.42. The number of carbonyl (C=O) groups is 1. The normalized spacial score (nSPS) is 20.9. The number of nitrogens with one attached hydrogen (secondary N) is 2. The highest BCUT2D eigenvalue weighted by atomic mass is 32.2. The average Bonchev–Trinajstić information content (AvgIpc) is 2.61. The molecule has 2 N–H and O–H groups in total. The molecule has 1 aliphatic rings. The Labute approximate surface area is 148 Å². The first-order valence-corrected chi connectivity index (χ1v) is 9.95. The van der Waals surface area contributed by atoms with Crippen LogP contribution in [0.4, 0.5) is 0 Å². The lowest BCUT2D eigenvalue weighted by Gasteiger charge is -2.27. The van der Waals surface area contributed by atoms with E-state index in [4.69, 9.17) is 0 Å². The van der Waals surface area contributed by atoms with E-state index in [1.54, 1.807) is 0 Å². The van der Waals surface area contributed by atoms with Crippen molar-refractivity contribution in [2.75, 3.05) is 18.8 Å². The molecule has 2 aromatic carbocycles. The maximum absolute atomic E-state index is 12.2. The summed E-state index contributed by atoms with van der Waals surface area (Å²) in [7, 11) is 0. The topological polar surface area (TPSA) is 41.1 Å². The maximum Gasteiger partial charge on any atom is 0.223 e. The van der Waals surface area contributed by atoms with Gasteiger partial charge < -0.3 is 10.6 Å². The molecule has 0 bridgehead atoms. The Kier molecular flexibility index (Phi) is 6.16. The predicted octanol–water partition coefficient (Wildman–Crippen LogP) is 3.58. The number of hydrogen-bond acceptors (Lipinski definition) is 3. The van der Waals surface area contributed by atoms with Crippen LogP contribution < -0.4 is 10.6 Å². The molecular formula is C20H26N2OS. The first kappa shape index (κ1) is 17.3. The molecule has 0 radical (unpaired) electrons. The highest BCUT2D eigenvalue weighted by molar-refractivity contribution is 7.98. The number of thioether (sulfide) groups is 1. The number of piperidine rings is 1. The number of fused-ring (bicyclic) bond motifs is 1. The summed E-state index contributed by atoms with van der Waals surface area (Å²) in [5, 5.41) is 9.13. The quantitative estimate of drug-likeness (QED) is 0.789. The third-order valence-electron chi connectivity index (χ3n) is 4.68. The Balaban J connectivity index is 1.41. The van der Waals surface area contributed by atoms with Crippen molar-refractivity contribution in [2.45, 2.75) is 31.6 Å². The lowest BCUT2D eigenvalue weighted by molar-refractivity contribution is -0.125. The van der Waals surface area contributed by atoms with Gasteiger partial charge in [-0.1, -0.05) is 42.5 Å². The van der Waals surface area contributed by atoms with Crippen LogP contribution in [0.25, 0.3) is 10.8 Å². The van der Waals surface area contributed by atoms with Crippen LogP contribution >= 0.6 is 11.8 Å². The average molecular weight is 343 g/mol. The fraction of sp³-hybridized carbons (Fsp3) is 0.450. The Morgan fingerprint density at radius 3 is 2.96 bits per heavy atom. The van der Waals surface area contributed by atoms with E-state index >= 15 is 0 Å². The van der Waals surface area contributed by atoms with Gasteiger partial charge in [0.25, 0.3) is 0 Å². The zero-order valence-corrected chi connectivity index (χ0v) is 15.1. The summed E-state index contributed by atoms with van der Waals surface area (Å²) in [4.78, 5) is 12.2. The Morgan fingerprint density at radius 1 is 1.25 bits per heavy atom. The molecule has 2 aromatic rings. The minimum atomic E-state index is 0.185. The van der Waals surface area contributed by atoms with E-state index in [9.17, 15) is 4.79 Å². The minimum absolute atomic E-state index is 0.185. The summed E-state index contributed by atoms with van der Waals surface area (Å²) < 4.78 is 0. The maximum atomic E-state index is 12.2. The van der Waals surface area contributed by atoms with Gasteiger partial charge in [0.2, 0.25) is 5.91 Å². The third kappa shape index (κ3) is 4.52. The van der Waals surface area contributed by atoms with Gasteiger partial charge in [0, 0.05) is 30.0 Å². The van der Waals surface area contributed by atoms with Gasteiger partial charge in [-0.3, -0.25) is 4.79 Å². The van der Waals surface area contributed by atoms with Crippen molar-refractivity contribution in [2.24, 2.45) is 5.92 Å². The molecule has 1 aliphatic heterocycles. The highest BCUT2D eigenvalue weighted by Crippen LogP contribution is 2.22. The molecular weight excluding hydrogens is 316 g/mol. The molecule has 24 heavy (non-hydrogen) atoms. The molecule has 0 aliphatic carbocycles. The fourth-order valence-corrected chi connectivity index (χ4v) is 4.22. The number of carbonyl (C=O) groups excluding carboxylic acids is 1. The van der Waals surface area contributed by atoms with Crippen molar-refractivity contribution in [1.29, 1.82) is 0 Å². The van der Waals surface area contributed by atoms with Crippen molar-refractivity contribution in [1.82, 2.24) is 10.6 Å². The molecule has 0 saturated carbocycles. The minimum Gasteiger partial charge on any atom is -0.355 e. The van der Waals surface area contributed by atoms with Crippen LogP contribution in [0.2, 0.25) is 0 Å². The summed E-state index contributed by atoms with van der Waals surface area (Å²) >= 11 is 1.88. The van der Waals surface area contributed by atoms with Gasteiger partial charge in [-0.15, -0.1) is 0 Å². The molecule has 0 unspecified atom stereocenters. The van der Waals surface area contributed by atoms with Gasteiger partial charge in [-0.2, -0.15) is 11.8 Å². The van der Waals surface area contributed by atoms with Crippen molar-refractivity contribution in [3.8, 4) is 0 Å². The monoisotopic (exact) mass is 342 g/mol. The van der Waals surface area contributed by atoms with Crippen molar-refractivity contribution in [3.63, 3.8) is 0 Å². The van der Waals surface area contributed by atoms with Crippen LogP contribution in [0.3, 0.4) is 0 Å². The van der Waals surface area contributed by atoms with Gasteiger partial charge in [-0.25, -0.2) is 0 Å². The SMILES string of the molecule is C[C@H]1C[C@@H](C(=O)NCCSCc2cccc3ccccc23)CCN1. The second-order valence-corrected chi connectivity index (χ2v) is 7.66. The van der Waals surface area contributed by atoms with E-state index in [1.807, 2.05) is 11.8 Å². The Bertz CT molecular complexity index is 683. The van der Waals surface area contributed by atoms with Crippen LogP contribution in [-0.4, -0.2) is 30.8 Å². The van der Waals surface area contributed by atoms with Gasteiger partial charge in [0.1, 0.15) is 0 Å². The molecule has 128 valence electrons. The molecule has 1 saturated heterocycles. The van der Waals surface area contributed by atoms with Crippen molar-refractivity contribution < 1.29 is 4.79 Å². The molecule has 2 atom stereocenters. The van der Waals surface area contributed by atoms with Crippen LogP contribution in [0.5, 0.6) is 0 Å². The van der Waals surface area contributed by atoms with Crippen LogP contribution in [0, 0.1) is 5.92 Å². The lowest BCUT2D eigenvalue weighted by atomic mass is 9.92. The summed E-state index contributed by atoms with van der Waals surface area (Å²) in [6.07, 6.45) is 1.91. The smallest absolute Gasteiger partial charge is 0.223 e. The molecule has 1 heterocycles. The second-order valence-electron chi connectivity index (χ2n) is 6.56. The van der Waals surface area contributed by atoms with Gasteiger partial charge in [0.15, 0.2) is 0 Å². The van der Waals surface area contributed by atoms with Gasteiger partial charge in [-0.05, 0) is 42.6 Å². The molecule has 4 heteroatoms. The summed E-state index contributed by atoms with van der Waals surface area (Å²) in [5.74, 6) is 2.36. The van der Waals surface area contributed by atoms with E-state index in [1.165, 1.54) is 16.3 Å². The van der Waals surface area contributed by atoms with Crippen LogP contribution in [0.1, 0.15) is 25.3 Å². The highest BCUT2D eigenvalue weighted by Gasteiger charge is 2.24. The molecule has 1 amide bonds. The molecule has 3 nitrogen and oxygen atoms in total. The molecule has 3 rings (SSSR count). The second kappa shape index (κ2) is 8.54. The van der Waals surface area contributed by atoms with Gasteiger partial charge >= 0.3 is 0 Å². The van der Waals surface area contributed by atoms with Crippen molar-refractivity contribution >= 4 is 28.4 Å². The predicted molar refractivity (Wildman–Crippen MR) is 103 cm³/mol. The van der Waals surface area contributed by atoms with E-state index in [0.717, 1.165) is 37.4 Å². The number of amides is 1. The molecule has 0 spiro atoms. The van der Waals surface area contributed by atoms with E-state index in [2.05, 4.69) is 60.0 Å². The number of benzene rings is 2. The van der Waals surface area contributed by atoms with Crippen LogP contribution in [-0.2, 0) is 10.5 Å². The Hall–Kier alpha value is -1.52. The largest absolute Gasteiger partial charge is 0.355 e. The first-order chi connectivity index (χ1) is 11.7. The van der Waals surface area contributed by atoms with E-state index in [-0.39, 0.29) is 11.8 Å². The summed E-state index contributed by atoms with van der Waals surface area (Å²) in [5.41, 5.74) is 1.37. The molecule has 1 fully saturated rings. The number of hydrogen-bond donors (Lipinski definition) is 2. The fourth-order valence-electron chi connectivity index (χ4n) is 3.36. The summed E-state index contributed by atoms with van der Waals surface area (Å²) in [6, 6.07) is 15.4. The number of rotatable bonds is 6. The zero-order valence-electron chi connectivity index (χ0n) is 14.3. The third-order valence-corrected chi connectivity index (χ3v) is 5.69.